The Hall–Kier alpha value is -1.34. The van der Waals surface area contributed by atoms with E-state index in [9.17, 15) is 8.42 Å². The Balaban J connectivity index is 2.18. The van der Waals surface area contributed by atoms with Crippen LogP contribution in [0.3, 0.4) is 0 Å². The van der Waals surface area contributed by atoms with Crippen LogP contribution in [0.2, 0.25) is 0 Å². The predicted molar refractivity (Wildman–Crippen MR) is 60.5 cm³/mol. The molecule has 0 saturated heterocycles. The first-order chi connectivity index (χ1) is 7.45. The van der Waals surface area contributed by atoms with E-state index in [1.165, 1.54) is 6.26 Å². The minimum atomic E-state index is -3.12. The highest BCUT2D eigenvalue weighted by Gasteiger charge is 2.42. The van der Waals surface area contributed by atoms with Crippen molar-refractivity contribution in [2.45, 2.75) is 24.2 Å². The van der Waals surface area contributed by atoms with E-state index in [-0.39, 0.29) is 5.41 Å². The van der Waals surface area contributed by atoms with Crippen LogP contribution in [-0.4, -0.2) is 14.7 Å². The molecule has 1 saturated carbocycles. The van der Waals surface area contributed by atoms with Crippen molar-refractivity contribution in [1.29, 1.82) is 5.26 Å². The van der Waals surface area contributed by atoms with Gasteiger partial charge in [0.15, 0.2) is 9.84 Å². The van der Waals surface area contributed by atoms with Crippen LogP contribution in [0, 0.1) is 16.7 Å². The Kier molecular flexibility index (Phi) is 2.51. The number of hydrogen-bond acceptors (Lipinski definition) is 3. The molecule has 84 valence electrons. The molecule has 0 atom stereocenters. The van der Waals surface area contributed by atoms with E-state index in [2.05, 4.69) is 6.07 Å². The number of sulfone groups is 1. The molecule has 1 aliphatic carbocycles. The Labute approximate surface area is 95.6 Å². The van der Waals surface area contributed by atoms with E-state index in [0.29, 0.717) is 4.90 Å². The summed E-state index contributed by atoms with van der Waals surface area (Å²) in [6, 6.07) is 9.14. The molecule has 0 N–H and O–H groups in total. The van der Waals surface area contributed by atoms with Gasteiger partial charge in [-0.3, -0.25) is 0 Å². The Bertz CT molecular complexity index is 533. The predicted octanol–water partition coefficient (Wildman–Crippen LogP) is 1.94. The SMILES string of the molecule is CS(=O)(=O)c1ccc(CC2(C#N)CC2)cc1. The fourth-order valence-corrected chi connectivity index (χ4v) is 2.35. The Morgan fingerprint density at radius 1 is 1.31 bits per heavy atom. The molecular weight excluding hydrogens is 222 g/mol. The van der Waals surface area contributed by atoms with Crippen LogP contribution in [0.25, 0.3) is 0 Å². The molecule has 0 unspecified atom stereocenters. The molecular formula is C12H13NO2S. The quantitative estimate of drug-likeness (QED) is 0.804. The highest BCUT2D eigenvalue weighted by atomic mass is 32.2. The molecule has 0 bridgehead atoms. The van der Waals surface area contributed by atoms with E-state index in [1.807, 2.05) is 0 Å². The average molecular weight is 235 g/mol. The molecule has 1 aromatic rings. The van der Waals surface area contributed by atoms with Crippen molar-refractivity contribution in [2.75, 3.05) is 6.26 Å². The van der Waals surface area contributed by atoms with Crippen molar-refractivity contribution in [2.24, 2.45) is 5.41 Å². The fraction of sp³-hybridized carbons (Fsp3) is 0.417. The summed E-state index contributed by atoms with van der Waals surface area (Å²) in [5.41, 5.74) is 0.860. The zero-order valence-electron chi connectivity index (χ0n) is 9.10. The Morgan fingerprint density at radius 2 is 1.88 bits per heavy atom. The largest absolute Gasteiger partial charge is 0.224 e. The van der Waals surface area contributed by atoms with E-state index >= 15 is 0 Å². The molecule has 0 radical (unpaired) electrons. The van der Waals surface area contributed by atoms with E-state index < -0.39 is 9.84 Å². The summed E-state index contributed by atoms with van der Waals surface area (Å²) in [5, 5.41) is 8.96. The third-order valence-corrected chi connectivity index (χ3v) is 4.11. The second-order valence-electron chi connectivity index (χ2n) is 4.49. The molecule has 2 rings (SSSR count). The third-order valence-electron chi connectivity index (χ3n) is 2.98. The van der Waals surface area contributed by atoms with Gasteiger partial charge in [-0.25, -0.2) is 8.42 Å². The van der Waals surface area contributed by atoms with E-state index in [0.717, 1.165) is 24.8 Å². The minimum Gasteiger partial charge on any atom is -0.224 e. The molecule has 0 amide bonds. The van der Waals surface area contributed by atoms with Gasteiger partial charge in [0.1, 0.15) is 0 Å². The van der Waals surface area contributed by atoms with Gasteiger partial charge in [-0.1, -0.05) is 12.1 Å². The smallest absolute Gasteiger partial charge is 0.175 e. The second kappa shape index (κ2) is 3.60. The lowest BCUT2D eigenvalue weighted by molar-refractivity contribution is 0.601. The summed E-state index contributed by atoms with van der Waals surface area (Å²) in [7, 11) is -3.12. The maximum atomic E-state index is 11.2. The van der Waals surface area contributed by atoms with Crippen LogP contribution in [0.1, 0.15) is 18.4 Å². The summed E-state index contributed by atoms with van der Waals surface area (Å²) >= 11 is 0. The molecule has 0 heterocycles. The normalized spacial score (nSPS) is 17.8. The van der Waals surface area contributed by atoms with Crippen molar-refractivity contribution in [3.05, 3.63) is 29.8 Å². The summed E-state index contributed by atoms with van der Waals surface area (Å²) in [6.07, 6.45) is 3.84. The van der Waals surface area contributed by atoms with Gasteiger partial charge in [0.05, 0.1) is 16.4 Å². The molecule has 16 heavy (non-hydrogen) atoms. The monoisotopic (exact) mass is 235 g/mol. The lowest BCUT2D eigenvalue weighted by Gasteiger charge is -2.06. The van der Waals surface area contributed by atoms with Crippen LogP contribution < -0.4 is 0 Å². The first kappa shape index (κ1) is 11.2. The molecule has 1 aromatic carbocycles. The molecule has 4 heteroatoms. The lowest BCUT2D eigenvalue weighted by Crippen LogP contribution is -2.02. The van der Waals surface area contributed by atoms with Gasteiger partial charge >= 0.3 is 0 Å². The van der Waals surface area contributed by atoms with Gasteiger partial charge in [0.25, 0.3) is 0 Å². The van der Waals surface area contributed by atoms with Gasteiger partial charge in [-0.15, -0.1) is 0 Å². The van der Waals surface area contributed by atoms with Crippen LogP contribution in [0.5, 0.6) is 0 Å². The van der Waals surface area contributed by atoms with Gasteiger partial charge in [-0.05, 0) is 37.0 Å². The molecule has 1 fully saturated rings. The highest BCUT2D eigenvalue weighted by Crippen LogP contribution is 2.47. The van der Waals surface area contributed by atoms with E-state index in [1.54, 1.807) is 24.3 Å². The summed E-state index contributed by atoms with van der Waals surface area (Å²) < 4.78 is 22.5. The molecule has 0 aromatic heterocycles. The van der Waals surface area contributed by atoms with Crippen LogP contribution in [-0.2, 0) is 16.3 Å². The zero-order chi connectivity index (χ0) is 11.8. The lowest BCUT2D eigenvalue weighted by atomic mass is 9.98. The average Bonchev–Trinajstić information content (AvgIpc) is 2.98. The highest BCUT2D eigenvalue weighted by molar-refractivity contribution is 7.90. The van der Waals surface area contributed by atoms with Crippen molar-refractivity contribution < 1.29 is 8.42 Å². The molecule has 0 aliphatic heterocycles. The van der Waals surface area contributed by atoms with Crippen molar-refractivity contribution in [1.82, 2.24) is 0 Å². The van der Waals surface area contributed by atoms with Crippen molar-refractivity contribution in [3.63, 3.8) is 0 Å². The summed E-state index contributed by atoms with van der Waals surface area (Å²) in [4.78, 5) is 0.332. The summed E-state index contributed by atoms with van der Waals surface area (Å²) in [6.45, 7) is 0. The van der Waals surface area contributed by atoms with Gasteiger partial charge < -0.3 is 0 Å². The molecule has 1 aliphatic rings. The standard InChI is InChI=1S/C12H13NO2S/c1-16(14,15)11-4-2-10(3-5-11)8-12(9-13)6-7-12/h2-5H,6-8H2,1H3. The first-order valence-electron chi connectivity index (χ1n) is 5.15. The van der Waals surface area contributed by atoms with Gasteiger partial charge in [0, 0.05) is 6.26 Å². The zero-order valence-corrected chi connectivity index (χ0v) is 9.92. The first-order valence-corrected chi connectivity index (χ1v) is 7.05. The topological polar surface area (TPSA) is 57.9 Å². The minimum absolute atomic E-state index is 0.174. The van der Waals surface area contributed by atoms with Crippen LogP contribution in [0.4, 0.5) is 0 Å². The fourth-order valence-electron chi connectivity index (χ4n) is 1.72. The maximum absolute atomic E-state index is 11.2. The van der Waals surface area contributed by atoms with Gasteiger partial charge in [0.2, 0.25) is 0 Å². The molecule has 0 spiro atoms. The number of nitriles is 1. The van der Waals surface area contributed by atoms with Crippen molar-refractivity contribution in [3.8, 4) is 6.07 Å². The third kappa shape index (κ3) is 2.25. The van der Waals surface area contributed by atoms with Crippen LogP contribution in [0.15, 0.2) is 29.2 Å². The molecule has 3 nitrogen and oxygen atoms in total. The number of nitrogens with zero attached hydrogens (tertiary/aromatic N) is 1. The van der Waals surface area contributed by atoms with Gasteiger partial charge in [-0.2, -0.15) is 5.26 Å². The Morgan fingerprint density at radius 3 is 2.25 bits per heavy atom. The van der Waals surface area contributed by atoms with Crippen LogP contribution >= 0.6 is 0 Å². The number of benzene rings is 1. The van der Waals surface area contributed by atoms with E-state index in [4.69, 9.17) is 5.26 Å². The number of hydrogen-bond donors (Lipinski definition) is 0. The number of rotatable bonds is 3. The van der Waals surface area contributed by atoms with Crippen molar-refractivity contribution >= 4 is 9.84 Å². The maximum Gasteiger partial charge on any atom is 0.175 e. The summed E-state index contributed by atoms with van der Waals surface area (Å²) in [5.74, 6) is 0. The second-order valence-corrected chi connectivity index (χ2v) is 6.50.